The van der Waals surface area contributed by atoms with Crippen molar-refractivity contribution in [1.82, 2.24) is 0 Å². The normalized spacial score (nSPS) is 16.6. The molecule has 1 N–H and O–H groups in total. The van der Waals surface area contributed by atoms with Crippen molar-refractivity contribution in [2.75, 3.05) is 0 Å². The standard InChI is InChI=1S/C17H15F3O/c18-14-9-16(20)15(19)8-13(14)17(21)12-7-2-1-6-11(12)10-4-3-5-10/h1-2,6-10,17,21H,3-5H2. The Hall–Kier alpha value is -1.81. The minimum Gasteiger partial charge on any atom is -0.384 e. The fourth-order valence-electron chi connectivity index (χ4n) is 2.77. The van der Waals surface area contributed by atoms with Gasteiger partial charge in [-0.15, -0.1) is 0 Å². The first-order chi connectivity index (χ1) is 10.1. The van der Waals surface area contributed by atoms with Crippen molar-refractivity contribution in [2.24, 2.45) is 0 Å². The topological polar surface area (TPSA) is 20.2 Å². The summed E-state index contributed by atoms with van der Waals surface area (Å²) in [5.74, 6) is -3.00. The lowest BCUT2D eigenvalue weighted by molar-refractivity contribution is 0.210. The third-order valence-electron chi connectivity index (χ3n) is 4.17. The summed E-state index contributed by atoms with van der Waals surface area (Å²) in [6, 6.07) is 8.43. The van der Waals surface area contributed by atoms with E-state index in [1.54, 1.807) is 12.1 Å². The van der Waals surface area contributed by atoms with Gasteiger partial charge in [-0.3, -0.25) is 0 Å². The predicted octanol–water partition coefficient (Wildman–Crippen LogP) is 4.45. The van der Waals surface area contributed by atoms with E-state index < -0.39 is 23.6 Å². The summed E-state index contributed by atoms with van der Waals surface area (Å²) in [7, 11) is 0. The molecule has 1 fully saturated rings. The monoisotopic (exact) mass is 292 g/mol. The van der Waals surface area contributed by atoms with Crippen LogP contribution in [0.5, 0.6) is 0 Å². The van der Waals surface area contributed by atoms with Crippen LogP contribution in [0, 0.1) is 17.5 Å². The van der Waals surface area contributed by atoms with Crippen molar-refractivity contribution in [3.05, 3.63) is 70.5 Å². The van der Waals surface area contributed by atoms with E-state index in [1.807, 2.05) is 12.1 Å². The molecule has 0 saturated heterocycles. The first kappa shape index (κ1) is 14.1. The molecule has 0 amide bonds. The third kappa shape index (κ3) is 2.56. The lowest BCUT2D eigenvalue weighted by Crippen LogP contribution is -2.14. The Labute approximate surface area is 121 Å². The molecule has 3 rings (SSSR count). The fraction of sp³-hybridized carbons (Fsp3) is 0.294. The van der Waals surface area contributed by atoms with Gasteiger partial charge >= 0.3 is 0 Å². The Morgan fingerprint density at radius 1 is 0.905 bits per heavy atom. The van der Waals surface area contributed by atoms with Gasteiger partial charge in [-0.25, -0.2) is 13.2 Å². The van der Waals surface area contributed by atoms with Gasteiger partial charge in [0.15, 0.2) is 11.6 Å². The highest BCUT2D eigenvalue weighted by molar-refractivity contribution is 5.39. The molecule has 110 valence electrons. The number of hydrogen-bond donors (Lipinski definition) is 1. The minimum absolute atomic E-state index is 0.235. The van der Waals surface area contributed by atoms with Gasteiger partial charge in [0.1, 0.15) is 11.9 Å². The van der Waals surface area contributed by atoms with E-state index in [4.69, 9.17) is 0 Å². The molecule has 1 saturated carbocycles. The molecule has 1 aliphatic rings. The highest BCUT2D eigenvalue weighted by Crippen LogP contribution is 2.40. The van der Waals surface area contributed by atoms with Gasteiger partial charge in [-0.2, -0.15) is 0 Å². The smallest absolute Gasteiger partial charge is 0.161 e. The molecule has 0 heterocycles. The molecule has 1 nitrogen and oxygen atoms in total. The molecule has 1 aliphatic carbocycles. The SMILES string of the molecule is OC(c1cc(F)c(F)cc1F)c1ccccc1C1CCC1. The van der Waals surface area contributed by atoms with E-state index in [2.05, 4.69) is 0 Å². The molecule has 0 spiro atoms. The van der Waals surface area contributed by atoms with Crippen molar-refractivity contribution < 1.29 is 18.3 Å². The van der Waals surface area contributed by atoms with Crippen LogP contribution in [0.4, 0.5) is 13.2 Å². The summed E-state index contributed by atoms with van der Waals surface area (Å²) >= 11 is 0. The number of benzene rings is 2. The summed E-state index contributed by atoms with van der Waals surface area (Å²) in [5.41, 5.74) is 1.29. The summed E-state index contributed by atoms with van der Waals surface area (Å²) in [6.45, 7) is 0. The number of aliphatic hydroxyl groups is 1. The van der Waals surface area contributed by atoms with Crippen LogP contribution in [-0.4, -0.2) is 5.11 Å². The molecule has 1 unspecified atom stereocenters. The van der Waals surface area contributed by atoms with Gasteiger partial charge in [0.25, 0.3) is 0 Å². The van der Waals surface area contributed by atoms with Crippen molar-refractivity contribution in [2.45, 2.75) is 31.3 Å². The van der Waals surface area contributed by atoms with Crippen LogP contribution in [0.2, 0.25) is 0 Å². The largest absolute Gasteiger partial charge is 0.384 e. The van der Waals surface area contributed by atoms with Gasteiger partial charge in [-0.05, 0) is 36.0 Å². The summed E-state index contributed by atoms with van der Waals surface area (Å²) in [4.78, 5) is 0. The quantitative estimate of drug-likeness (QED) is 0.828. The lowest BCUT2D eigenvalue weighted by atomic mass is 9.77. The second-order valence-corrected chi connectivity index (χ2v) is 5.45. The maximum absolute atomic E-state index is 13.8. The molecule has 0 aromatic heterocycles. The molecule has 0 radical (unpaired) electrons. The van der Waals surface area contributed by atoms with Crippen molar-refractivity contribution in [1.29, 1.82) is 0 Å². The van der Waals surface area contributed by atoms with Gasteiger partial charge in [0.2, 0.25) is 0 Å². The summed E-state index contributed by atoms with van der Waals surface area (Å²) in [6.07, 6.45) is 1.90. The molecular weight excluding hydrogens is 277 g/mol. The first-order valence-electron chi connectivity index (χ1n) is 6.99. The second-order valence-electron chi connectivity index (χ2n) is 5.45. The van der Waals surface area contributed by atoms with E-state index in [0.717, 1.165) is 30.9 Å². The Balaban J connectivity index is 2.02. The van der Waals surface area contributed by atoms with E-state index in [-0.39, 0.29) is 5.56 Å². The molecular formula is C17H15F3O. The minimum atomic E-state index is -1.29. The number of aliphatic hydroxyl groups excluding tert-OH is 1. The van der Waals surface area contributed by atoms with E-state index in [9.17, 15) is 18.3 Å². The number of halogens is 3. The van der Waals surface area contributed by atoms with Crippen LogP contribution in [0.25, 0.3) is 0 Å². The molecule has 0 bridgehead atoms. The maximum atomic E-state index is 13.8. The summed E-state index contributed by atoms with van der Waals surface area (Å²) in [5, 5.41) is 10.4. The summed E-state index contributed by atoms with van der Waals surface area (Å²) < 4.78 is 40.1. The van der Waals surface area contributed by atoms with Gasteiger partial charge < -0.3 is 5.11 Å². The molecule has 2 aromatic carbocycles. The Kier molecular flexibility index (Phi) is 3.72. The van der Waals surface area contributed by atoms with Crippen LogP contribution < -0.4 is 0 Å². The molecule has 2 aromatic rings. The van der Waals surface area contributed by atoms with Crippen molar-refractivity contribution >= 4 is 0 Å². The molecule has 4 heteroatoms. The molecule has 1 atom stereocenters. The van der Waals surface area contributed by atoms with Gasteiger partial charge in [-0.1, -0.05) is 30.7 Å². The zero-order chi connectivity index (χ0) is 15.0. The van der Waals surface area contributed by atoms with Crippen molar-refractivity contribution in [3.8, 4) is 0 Å². The number of hydrogen-bond acceptors (Lipinski definition) is 1. The van der Waals surface area contributed by atoms with E-state index >= 15 is 0 Å². The highest BCUT2D eigenvalue weighted by Gasteiger charge is 2.26. The van der Waals surface area contributed by atoms with Crippen molar-refractivity contribution in [3.63, 3.8) is 0 Å². The second kappa shape index (κ2) is 5.53. The van der Waals surface area contributed by atoms with Crippen LogP contribution in [0.1, 0.15) is 48.0 Å². The van der Waals surface area contributed by atoms with Crippen LogP contribution in [0.3, 0.4) is 0 Å². The average molecular weight is 292 g/mol. The zero-order valence-electron chi connectivity index (χ0n) is 11.3. The van der Waals surface area contributed by atoms with Crippen LogP contribution >= 0.6 is 0 Å². The van der Waals surface area contributed by atoms with Gasteiger partial charge in [0, 0.05) is 11.6 Å². The molecule has 21 heavy (non-hydrogen) atoms. The highest BCUT2D eigenvalue weighted by atomic mass is 19.2. The van der Waals surface area contributed by atoms with Gasteiger partial charge in [0.05, 0.1) is 0 Å². The Bertz CT molecular complexity index is 665. The van der Waals surface area contributed by atoms with Crippen LogP contribution in [0.15, 0.2) is 36.4 Å². The molecule has 0 aliphatic heterocycles. The first-order valence-corrected chi connectivity index (χ1v) is 6.99. The Morgan fingerprint density at radius 3 is 2.24 bits per heavy atom. The fourth-order valence-corrected chi connectivity index (χ4v) is 2.77. The maximum Gasteiger partial charge on any atom is 0.161 e. The lowest BCUT2D eigenvalue weighted by Gasteiger charge is -2.29. The van der Waals surface area contributed by atoms with E-state index in [0.29, 0.717) is 17.5 Å². The van der Waals surface area contributed by atoms with E-state index in [1.165, 1.54) is 0 Å². The average Bonchev–Trinajstić information content (AvgIpc) is 2.41. The van der Waals surface area contributed by atoms with Crippen LogP contribution in [-0.2, 0) is 0 Å². The number of rotatable bonds is 3. The predicted molar refractivity (Wildman–Crippen MR) is 73.4 cm³/mol. The Morgan fingerprint density at radius 2 is 1.57 bits per heavy atom. The zero-order valence-corrected chi connectivity index (χ0v) is 11.3. The third-order valence-corrected chi connectivity index (χ3v) is 4.17.